The number of thiophene rings is 2. The average Bonchev–Trinajstić information content (AvgIpc) is 2.98. The third kappa shape index (κ3) is 2.60. The van der Waals surface area contributed by atoms with Crippen molar-refractivity contribution in [3.8, 4) is 9.75 Å². The number of thioether (sulfide) groups is 1. The third-order valence-corrected chi connectivity index (χ3v) is 7.24. The van der Waals surface area contributed by atoms with E-state index in [0.29, 0.717) is 5.69 Å². The Kier molecular flexibility index (Phi) is 4.03. The summed E-state index contributed by atoms with van der Waals surface area (Å²) in [5, 5.41) is 9.32. The van der Waals surface area contributed by atoms with Crippen molar-refractivity contribution in [3.05, 3.63) is 26.9 Å². The predicted molar refractivity (Wildman–Crippen MR) is 93.0 cm³/mol. The maximum absolute atomic E-state index is 11.4. The van der Waals surface area contributed by atoms with Crippen LogP contribution in [0.1, 0.15) is 45.4 Å². The van der Waals surface area contributed by atoms with E-state index in [1.807, 2.05) is 11.8 Å². The molecular weight excluding hydrogens is 322 g/mol. The molecule has 6 heteroatoms. The largest absolute Gasteiger partial charge is 0.477 e. The number of fused-ring (bicyclic) bond motifs is 1. The summed E-state index contributed by atoms with van der Waals surface area (Å²) in [5.74, 6) is 1.53. The number of carboxylic acid groups (broad SMARTS) is 1. The molecule has 0 amide bonds. The second-order valence-electron chi connectivity index (χ2n) is 5.41. The van der Waals surface area contributed by atoms with Crippen molar-refractivity contribution in [1.29, 1.82) is 0 Å². The molecule has 0 fully saturated rings. The molecule has 2 aromatic rings. The minimum absolute atomic E-state index is 0.220. The standard InChI is InChI=1S/C15H17NO2S3/c1-7(2)11-12(16)14(15(17)18)21-13(11)10-5-8-6-19-4-3-9(8)20-10/h5,7H,3-4,6,16H2,1-2H3,(H,17,18). The van der Waals surface area contributed by atoms with E-state index >= 15 is 0 Å². The van der Waals surface area contributed by atoms with Gasteiger partial charge in [0.25, 0.3) is 0 Å². The molecule has 0 aromatic carbocycles. The average molecular weight is 340 g/mol. The molecule has 112 valence electrons. The van der Waals surface area contributed by atoms with Crippen molar-refractivity contribution < 1.29 is 9.90 Å². The zero-order valence-electron chi connectivity index (χ0n) is 11.9. The maximum Gasteiger partial charge on any atom is 0.348 e. The van der Waals surface area contributed by atoms with Crippen LogP contribution in [-0.2, 0) is 12.2 Å². The lowest BCUT2D eigenvalue weighted by molar-refractivity contribution is 0.0703. The molecule has 0 radical (unpaired) electrons. The number of aryl methyl sites for hydroxylation is 1. The zero-order chi connectivity index (χ0) is 15.1. The van der Waals surface area contributed by atoms with Crippen molar-refractivity contribution in [2.75, 3.05) is 11.5 Å². The van der Waals surface area contributed by atoms with Crippen LogP contribution in [0.4, 0.5) is 5.69 Å². The lowest BCUT2D eigenvalue weighted by atomic mass is 10.0. The highest BCUT2D eigenvalue weighted by atomic mass is 32.2. The molecular formula is C15H17NO2S3. The Morgan fingerprint density at radius 2 is 2.14 bits per heavy atom. The van der Waals surface area contributed by atoms with Crippen LogP contribution < -0.4 is 5.73 Å². The molecule has 0 spiro atoms. The number of nitrogen functional groups attached to an aromatic ring is 1. The molecule has 0 saturated heterocycles. The van der Waals surface area contributed by atoms with Gasteiger partial charge in [-0.25, -0.2) is 4.79 Å². The Labute approximate surface area is 136 Å². The first kappa shape index (κ1) is 14.9. The smallest absolute Gasteiger partial charge is 0.348 e. The number of anilines is 1. The summed E-state index contributed by atoms with van der Waals surface area (Å²) in [6, 6.07) is 2.23. The van der Waals surface area contributed by atoms with Gasteiger partial charge in [-0.2, -0.15) is 11.8 Å². The van der Waals surface area contributed by atoms with Crippen LogP contribution in [-0.4, -0.2) is 16.8 Å². The van der Waals surface area contributed by atoms with Gasteiger partial charge in [0.1, 0.15) is 4.88 Å². The van der Waals surface area contributed by atoms with Gasteiger partial charge in [-0.15, -0.1) is 22.7 Å². The Balaban J connectivity index is 2.15. The molecule has 0 atom stereocenters. The number of nitrogens with two attached hydrogens (primary N) is 1. The van der Waals surface area contributed by atoms with E-state index in [-0.39, 0.29) is 10.8 Å². The van der Waals surface area contributed by atoms with Crippen molar-refractivity contribution in [3.63, 3.8) is 0 Å². The van der Waals surface area contributed by atoms with Crippen LogP contribution in [0.3, 0.4) is 0 Å². The molecule has 3 heterocycles. The number of hydrogen-bond donors (Lipinski definition) is 2. The number of rotatable bonds is 3. The van der Waals surface area contributed by atoms with Crippen molar-refractivity contribution >= 4 is 46.1 Å². The minimum Gasteiger partial charge on any atom is -0.477 e. The number of aromatic carboxylic acids is 1. The second kappa shape index (κ2) is 5.66. The summed E-state index contributed by atoms with van der Waals surface area (Å²) in [7, 11) is 0. The van der Waals surface area contributed by atoms with E-state index < -0.39 is 5.97 Å². The molecule has 3 nitrogen and oxygen atoms in total. The van der Waals surface area contributed by atoms with Gasteiger partial charge in [-0.1, -0.05) is 13.8 Å². The Morgan fingerprint density at radius 1 is 1.38 bits per heavy atom. The molecule has 0 aliphatic carbocycles. The van der Waals surface area contributed by atoms with Crippen LogP contribution in [0.15, 0.2) is 6.07 Å². The molecule has 1 aliphatic heterocycles. The van der Waals surface area contributed by atoms with Crippen molar-refractivity contribution in [2.24, 2.45) is 0 Å². The summed E-state index contributed by atoms with van der Waals surface area (Å²) < 4.78 is 0. The molecule has 21 heavy (non-hydrogen) atoms. The van der Waals surface area contributed by atoms with E-state index in [1.165, 1.54) is 32.4 Å². The summed E-state index contributed by atoms with van der Waals surface area (Å²) in [6.07, 6.45) is 1.12. The van der Waals surface area contributed by atoms with Crippen LogP contribution >= 0.6 is 34.4 Å². The summed E-state index contributed by atoms with van der Waals surface area (Å²) >= 11 is 5.08. The normalized spacial score (nSPS) is 14.4. The summed E-state index contributed by atoms with van der Waals surface area (Å²) in [4.78, 5) is 15.3. The monoisotopic (exact) mass is 339 g/mol. The van der Waals surface area contributed by atoms with Gasteiger partial charge < -0.3 is 10.8 Å². The zero-order valence-corrected chi connectivity index (χ0v) is 14.4. The molecule has 0 bridgehead atoms. The topological polar surface area (TPSA) is 63.3 Å². The van der Waals surface area contributed by atoms with Crippen LogP contribution in [0.5, 0.6) is 0 Å². The van der Waals surface area contributed by atoms with E-state index in [9.17, 15) is 9.90 Å². The van der Waals surface area contributed by atoms with E-state index in [0.717, 1.165) is 22.6 Å². The summed E-state index contributed by atoms with van der Waals surface area (Å²) in [6.45, 7) is 4.13. The first-order chi connectivity index (χ1) is 9.99. The molecule has 1 aliphatic rings. The van der Waals surface area contributed by atoms with E-state index in [2.05, 4.69) is 19.9 Å². The quantitative estimate of drug-likeness (QED) is 0.853. The van der Waals surface area contributed by atoms with E-state index in [1.54, 1.807) is 11.3 Å². The van der Waals surface area contributed by atoms with Crippen LogP contribution in [0, 0.1) is 0 Å². The lowest BCUT2D eigenvalue weighted by Crippen LogP contribution is -2.00. The first-order valence-corrected chi connectivity index (χ1v) is 9.63. The fourth-order valence-electron chi connectivity index (χ4n) is 2.63. The number of carboxylic acids is 1. The van der Waals surface area contributed by atoms with Crippen molar-refractivity contribution in [1.82, 2.24) is 0 Å². The highest BCUT2D eigenvalue weighted by molar-refractivity contribution is 7.98. The van der Waals surface area contributed by atoms with Gasteiger partial charge in [0.2, 0.25) is 0 Å². The minimum atomic E-state index is -0.928. The molecule has 3 rings (SSSR count). The van der Waals surface area contributed by atoms with Crippen molar-refractivity contribution in [2.45, 2.75) is 31.9 Å². The highest BCUT2D eigenvalue weighted by Crippen LogP contribution is 2.46. The van der Waals surface area contributed by atoms with Crippen LogP contribution in [0.2, 0.25) is 0 Å². The lowest BCUT2D eigenvalue weighted by Gasteiger charge is -2.08. The van der Waals surface area contributed by atoms with E-state index in [4.69, 9.17) is 5.73 Å². The van der Waals surface area contributed by atoms with Crippen LogP contribution in [0.25, 0.3) is 9.75 Å². The second-order valence-corrected chi connectivity index (χ2v) is 8.67. The number of hydrogen-bond acceptors (Lipinski definition) is 5. The molecule has 0 unspecified atom stereocenters. The Bertz CT molecular complexity index is 677. The van der Waals surface area contributed by atoms with Gasteiger partial charge in [0, 0.05) is 15.5 Å². The number of carbonyl (C=O) groups is 1. The van der Waals surface area contributed by atoms with Gasteiger partial charge >= 0.3 is 5.97 Å². The molecule has 2 aromatic heterocycles. The third-order valence-electron chi connectivity index (χ3n) is 3.61. The maximum atomic E-state index is 11.4. The van der Waals surface area contributed by atoms with Gasteiger partial charge in [-0.3, -0.25) is 0 Å². The SMILES string of the molecule is CC(C)c1c(-c2cc3c(s2)CCSC3)sc(C(=O)O)c1N. The first-order valence-electron chi connectivity index (χ1n) is 6.84. The van der Waals surface area contributed by atoms with Gasteiger partial charge in [0.05, 0.1) is 10.6 Å². The van der Waals surface area contributed by atoms with Gasteiger partial charge in [-0.05, 0) is 35.3 Å². The Morgan fingerprint density at radius 3 is 2.76 bits per heavy atom. The van der Waals surface area contributed by atoms with Gasteiger partial charge in [0.15, 0.2) is 0 Å². The fraction of sp³-hybridized carbons (Fsp3) is 0.400. The Hall–Kier alpha value is -0.980. The highest BCUT2D eigenvalue weighted by Gasteiger charge is 2.25. The summed E-state index contributed by atoms with van der Waals surface area (Å²) in [5.41, 5.74) is 8.94. The predicted octanol–water partition coefficient (Wildman–Crippen LogP) is 4.67. The molecule has 0 saturated carbocycles. The fourth-order valence-corrected chi connectivity index (χ4v) is 6.33. The molecule has 3 N–H and O–H groups in total.